The molecule has 0 unspecified atom stereocenters. The Morgan fingerprint density at radius 2 is 2.00 bits per heavy atom. The van der Waals surface area contributed by atoms with Gasteiger partial charge in [-0.25, -0.2) is 4.79 Å². The molecule has 1 aromatic carbocycles. The lowest BCUT2D eigenvalue weighted by Gasteiger charge is -2.08. The fraction of sp³-hybridized carbons (Fsp3) is 0.182. The molecule has 0 aliphatic carbocycles. The topological polar surface area (TPSA) is 55.8 Å². The van der Waals surface area contributed by atoms with Gasteiger partial charge in [0.25, 0.3) is 0 Å². The highest BCUT2D eigenvalue weighted by atomic mass is 16.5. The van der Waals surface area contributed by atoms with Gasteiger partial charge in [0, 0.05) is 5.56 Å². The fourth-order valence-corrected chi connectivity index (χ4v) is 1.21. The minimum Gasteiger partial charge on any atom is -0.503 e. The van der Waals surface area contributed by atoms with Gasteiger partial charge in [0.05, 0.1) is 20.5 Å². The van der Waals surface area contributed by atoms with Crippen molar-refractivity contribution in [1.82, 2.24) is 0 Å². The summed E-state index contributed by atoms with van der Waals surface area (Å²) in [4.78, 5) is 11.0. The SMILES string of the molecule is COC=C(C(=O)O)c1ccccc1OC. The minimum absolute atomic E-state index is 0.0648. The molecule has 80 valence electrons. The van der Waals surface area contributed by atoms with Gasteiger partial charge in [-0.1, -0.05) is 18.2 Å². The van der Waals surface area contributed by atoms with E-state index in [1.165, 1.54) is 20.5 Å². The van der Waals surface area contributed by atoms with Gasteiger partial charge < -0.3 is 14.6 Å². The number of benzene rings is 1. The number of rotatable bonds is 4. The lowest BCUT2D eigenvalue weighted by Crippen LogP contribution is -2.02. The Kier molecular flexibility index (Phi) is 3.74. The van der Waals surface area contributed by atoms with Gasteiger partial charge in [0.15, 0.2) is 0 Å². The van der Waals surface area contributed by atoms with Crippen LogP contribution in [0.1, 0.15) is 5.56 Å². The summed E-state index contributed by atoms with van der Waals surface area (Å²) in [5.41, 5.74) is 0.560. The summed E-state index contributed by atoms with van der Waals surface area (Å²) in [5.74, 6) is -0.551. The van der Waals surface area contributed by atoms with Crippen LogP contribution in [0.5, 0.6) is 5.75 Å². The normalized spacial score (nSPS) is 10.9. The molecule has 0 bridgehead atoms. The number of carboxylic acids is 1. The van der Waals surface area contributed by atoms with E-state index in [-0.39, 0.29) is 5.57 Å². The first-order valence-corrected chi connectivity index (χ1v) is 4.30. The average molecular weight is 208 g/mol. The number of methoxy groups -OCH3 is 2. The molecule has 1 rings (SSSR count). The van der Waals surface area contributed by atoms with Crippen LogP contribution in [0.3, 0.4) is 0 Å². The van der Waals surface area contributed by atoms with E-state index in [2.05, 4.69) is 0 Å². The maximum absolute atomic E-state index is 11.0. The van der Waals surface area contributed by atoms with E-state index in [1.54, 1.807) is 24.3 Å². The van der Waals surface area contributed by atoms with Crippen LogP contribution in [0, 0.1) is 0 Å². The zero-order valence-electron chi connectivity index (χ0n) is 8.56. The third kappa shape index (κ3) is 2.49. The van der Waals surface area contributed by atoms with E-state index < -0.39 is 5.97 Å². The van der Waals surface area contributed by atoms with Crippen molar-refractivity contribution in [2.75, 3.05) is 14.2 Å². The maximum atomic E-state index is 11.0. The average Bonchev–Trinajstić information content (AvgIpc) is 2.25. The Labute approximate surface area is 87.7 Å². The van der Waals surface area contributed by atoms with Crippen LogP contribution in [0.15, 0.2) is 30.5 Å². The van der Waals surface area contributed by atoms with Gasteiger partial charge in [0.1, 0.15) is 11.3 Å². The number of para-hydroxylation sites is 1. The first-order valence-electron chi connectivity index (χ1n) is 4.30. The molecule has 1 N–H and O–H groups in total. The summed E-state index contributed by atoms with van der Waals surface area (Å²) < 4.78 is 9.78. The van der Waals surface area contributed by atoms with Gasteiger partial charge in [-0.2, -0.15) is 0 Å². The fourth-order valence-electron chi connectivity index (χ4n) is 1.21. The number of aliphatic carboxylic acids is 1. The maximum Gasteiger partial charge on any atom is 0.339 e. The molecule has 0 fully saturated rings. The highest BCUT2D eigenvalue weighted by Gasteiger charge is 2.14. The summed E-state index contributed by atoms with van der Waals surface area (Å²) in [6.07, 6.45) is 1.18. The molecule has 0 spiro atoms. The third-order valence-electron chi connectivity index (χ3n) is 1.86. The van der Waals surface area contributed by atoms with Crippen LogP contribution >= 0.6 is 0 Å². The predicted molar refractivity (Wildman–Crippen MR) is 55.6 cm³/mol. The van der Waals surface area contributed by atoms with Crippen LogP contribution in [0.2, 0.25) is 0 Å². The van der Waals surface area contributed by atoms with E-state index in [4.69, 9.17) is 14.6 Å². The quantitative estimate of drug-likeness (QED) is 0.605. The van der Waals surface area contributed by atoms with Crippen LogP contribution in [0.25, 0.3) is 5.57 Å². The van der Waals surface area contributed by atoms with E-state index in [0.717, 1.165) is 0 Å². The van der Waals surface area contributed by atoms with Gasteiger partial charge in [-0.05, 0) is 6.07 Å². The molecule has 0 amide bonds. The Balaban J connectivity index is 3.22. The molecule has 4 heteroatoms. The zero-order valence-corrected chi connectivity index (χ0v) is 8.56. The molecule has 0 saturated heterocycles. The van der Waals surface area contributed by atoms with E-state index in [9.17, 15) is 4.79 Å². The summed E-state index contributed by atoms with van der Waals surface area (Å²) in [6, 6.07) is 6.87. The molecule has 0 aliphatic rings. The second-order valence-electron chi connectivity index (χ2n) is 2.77. The first kappa shape index (κ1) is 11.1. The van der Waals surface area contributed by atoms with Crippen LogP contribution in [-0.4, -0.2) is 25.3 Å². The van der Waals surface area contributed by atoms with E-state index in [1.807, 2.05) is 0 Å². The zero-order chi connectivity index (χ0) is 11.3. The van der Waals surface area contributed by atoms with Crippen LogP contribution < -0.4 is 4.74 Å². The van der Waals surface area contributed by atoms with Crippen molar-refractivity contribution >= 4 is 11.5 Å². The Morgan fingerprint density at radius 3 is 2.53 bits per heavy atom. The van der Waals surface area contributed by atoms with Gasteiger partial charge in [0.2, 0.25) is 0 Å². The molecule has 0 atom stereocenters. The van der Waals surface area contributed by atoms with Gasteiger partial charge in [-0.3, -0.25) is 0 Å². The van der Waals surface area contributed by atoms with Crippen molar-refractivity contribution in [3.8, 4) is 5.75 Å². The third-order valence-corrected chi connectivity index (χ3v) is 1.86. The molecule has 1 aromatic rings. The van der Waals surface area contributed by atoms with E-state index >= 15 is 0 Å². The summed E-state index contributed by atoms with van der Waals surface area (Å²) in [6.45, 7) is 0. The van der Waals surface area contributed by atoms with Gasteiger partial charge in [-0.15, -0.1) is 0 Å². The minimum atomic E-state index is -1.05. The predicted octanol–water partition coefficient (Wildman–Crippen LogP) is 1.77. The van der Waals surface area contributed by atoms with Crippen molar-refractivity contribution in [2.45, 2.75) is 0 Å². The molecule has 4 nitrogen and oxygen atoms in total. The second kappa shape index (κ2) is 5.05. The second-order valence-corrected chi connectivity index (χ2v) is 2.77. The number of hydrogen-bond donors (Lipinski definition) is 1. The molecule has 0 aromatic heterocycles. The van der Waals surface area contributed by atoms with Crippen molar-refractivity contribution in [3.63, 3.8) is 0 Å². The van der Waals surface area contributed by atoms with E-state index in [0.29, 0.717) is 11.3 Å². The lowest BCUT2D eigenvalue weighted by molar-refractivity contribution is -0.130. The highest BCUT2D eigenvalue weighted by Crippen LogP contribution is 2.25. The van der Waals surface area contributed by atoms with Crippen LogP contribution in [-0.2, 0) is 9.53 Å². The summed E-state index contributed by atoms with van der Waals surface area (Å²) in [5, 5.41) is 8.97. The monoisotopic (exact) mass is 208 g/mol. The summed E-state index contributed by atoms with van der Waals surface area (Å²) in [7, 11) is 2.89. The number of carbonyl (C=O) groups is 1. The molecule has 15 heavy (non-hydrogen) atoms. The van der Waals surface area contributed by atoms with Crippen molar-refractivity contribution in [1.29, 1.82) is 0 Å². The Bertz CT molecular complexity index is 382. The number of carboxylic acid groups (broad SMARTS) is 1. The standard InChI is InChI=1S/C11H12O4/c1-14-7-9(11(12)13)8-5-3-4-6-10(8)15-2/h3-7H,1-2H3,(H,12,13). The van der Waals surface area contributed by atoms with Crippen LogP contribution in [0.4, 0.5) is 0 Å². The van der Waals surface area contributed by atoms with Crippen molar-refractivity contribution in [3.05, 3.63) is 36.1 Å². The molecule has 0 radical (unpaired) electrons. The van der Waals surface area contributed by atoms with Crippen molar-refractivity contribution < 1.29 is 19.4 Å². The lowest BCUT2D eigenvalue weighted by atomic mass is 10.1. The Morgan fingerprint density at radius 1 is 1.33 bits per heavy atom. The molecule has 0 saturated carbocycles. The molecule has 0 heterocycles. The summed E-state index contributed by atoms with van der Waals surface area (Å²) >= 11 is 0. The molecule has 0 aliphatic heterocycles. The number of ether oxygens (including phenoxy) is 2. The largest absolute Gasteiger partial charge is 0.503 e. The molecular weight excluding hydrogens is 196 g/mol. The first-order chi connectivity index (χ1) is 7.20. The van der Waals surface area contributed by atoms with Gasteiger partial charge >= 0.3 is 5.97 Å². The molecular formula is C11H12O4. The highest BCUT2D eigenvalue weighted by molar-refractivity contribution is 6.15. The van der Waals surface area contributed by atoms with Crippen molar-refractivity contribution in [2.24, 2.45) is 0 Å². The smallest absolute Gasteiger partial charge is 0.339 e. The Hall–Kier alpha value is -1.97. The number of hydrogen-bond acceptors (Lipinski definition) is 3.